The van der Waals surface area contributed by atoms with E-state index in [1.54, 1.807) is 0 Å². The number of methoxy groups -OCH3 is 1. The Hall–Kier alpha value is -1.37. The predicted octanol–water partition coefficient (Wildman–Crippen LogP) is 1.69. The number of amides is 1. The monoisotopic (exact) mass is 358 g/mol. The number of aliphatic hydroxyl groups excluding tert-OH is 1. The number of nitrogens with one attached hydrogen (secondary N) is 1. The van der Waals surface area contributed by atoms with Crippen LogP contribution in [0.2, 0.25) is 0 Å². The van der Waals surface area contributed by atoms with Crippen LogP contribution in [-0.4, -0.2) is 55.3 Å². The van der Waals surface area contributed by atoms with Gasteiger partial charge in [-0.2, -0.15) is 0 Å². The Kier molecular flexibility index (Phi) is 6.43. The molecule has 1 aromatic carbocycles. The maximum Gasteiger partial charge on any atom is 0.255 e. The first kappa shape index (κ1) is 19.0. The number of β-amino-alcohol motifs (C(OH)–C–C–N with tert-alkyl or cyclic N) is 1. The van der Waals surface area contributed by atoms with Crippen LogP contribution in [-0.2, 0) is 0 Å². The molecular formula is C17H24ClFN2O3. The van der Waals surface area contributed by atoms with E-state index in [2.05, 4.69) is 10.2 Å². The van der Waals surface area contributed by atoms with E-state index >= 15 is 0 Å². The zero-order valence-corrected chi connectivity index (χ0v) is 14.5. The van der Waals surface area contributed by atoms with E-state index in [1.807, 2.05) is 0 Å². The Labute approximate surface area is 147 Å². The van der Waals surface area contributed by atoms with Crippen molar-refractivity contribution >= 4 is 18.3 Å². The van der Waals surface area contributed by atoms with E-state index in [1.165, 1.54) is 38.2 Å². The lowest BCUT2D eigenvalue weighted by Crippen LogP contribution is -2.41. The van der Waals surface area contributed by atoms with Crippen LogP contribution < -0.4 is 10.1 Å². The van der Waals surface area contributed by atoms with Crippen LogP contribution in [0.5, 0.6) is 5.75 Å². The van der Waals surface area contributed by atoms with Gasteiger partial charge in [0.25, 0.3) is 5.91 Å². The van der Waals surface area contributed by atoms with Crippen LogP contribution in [0.15, 0.2) is 18.2 Å². The van der Waals surface area contributed by atoms with E-state index in [4.69, 9.17) is 9.84 Å². The van der Waals surface area contributed by atoms with Crippen molar-refractivity contribution in [1.29, 1.82) is 0 Å². The van der Waals surface area contributed by atoms with Crippen molar-refractivity contribution in [3.8, 4) is 5.75 Å². The van der Waals surface area contributed by atoms with Crippen LogP contribution in [0.3, 0.4) is 0 Å². The highest BCUT2D eigenvalue weighted by Gasteiger charge is 2.42. The van der Waals surface area contributed by atoms with E-state index in [0.29, 0.717) is 24.1 Å². The van der Waals surface area contributed by atoms with Gasteiger partial charge in [-0.05, 0) is 42.9 Å². The number of carbonyl (C=O) groups is 1. The van der Waals surface area contributed by atoms with Gasteiger partial charge in [-0.25, -0.2) is 4.39 Å². The van der Waals surface area contributed by atoms with E-state index < -0.39 is 5.82 Å². The van der Waals surface area contributed by atoms with Crippen molar-refractivity contribution in [2.24, 2.45) is 11.8 Å². The van der Waals surface area contributed by atoms with Crippen molar-refractivity contribution in [2.45, 2.75) is 18.9 Å². The number of aliphatic hydroxyl groups is 1. The predicted molar refractivity (Wildman–Crippen MR) is 91.2 cm³/mol. The van der Waals surface area contributed by atoms with E-state index in [9.17, 15) is 9.18 Å². The molecule has 0 aromatic heterocycles. The third-order valence-electron chi connectivity index (χ3n) is 4.81. The SMILES string of the molecule is COc1ccc(F)cc1C(=O)N[C@H]1CN(CCO)C[C@@H]1C1CC1.Cl. The summed E-state index contributed by atoms with van der Waals surface area (Å²) in [6.07, 6.45) is 2.40. The van der Waals surface area contributed by atoms with Gasteiger partial charge in [0.05, 0.1) is 19.3 Å². The standard InChI is InChI=1S/C17H23FN2O3.ClH/c1-23-16-5-4-12(18)8-13(16)17(22)19-15-10-20(6-7-21)9-14(15)11-2-3-11;/h4-5,8,11,14-15,21H,2-3,6-7,9-10H2,1H3,(H,19,22);1H/t14-,15+;/m1./s1. The molecule has 1 amide bonds. The molecular weight excluding hydrogens is 335 g/mol. The van der Waals surface area contributed by atoms with Crippen LogP contribution >= 0.6 is 12.4 Å². The summed E-state index contributed by atoms with van der Waals surface area (Å²) >= 11 is 0. The molecule has 3 rings (SSSR count). The number of hydrogen-bond acceptors (Lipinski definition) is 4. The quantitative estimate of drug-likeness (QED) is 0.812. The molecule has 1 saturated carbocycles. The molecule has 0 unspecified atom stereocenters. The summed E-state index contributed by atoms with van der Waals surface area (Å²) < 4.78 is 18.6. The third kappa shape index (κ3) is 4.18. The van der Waals surface area contributed by atoms with Gasteiger partial charge >= 0.3 is 0 Å². The maximum atomic E-state index is 13.5. The molecule has 1 aromatic rings. The molecule has 7 heteroatoms. The van der Waals surface area contributed by atoms with Gasteiger partial charge in [-0.3, -0.25) is 9.69 Å². The Morgan fingerprint density at radius 3 is 2.79 bits per heavy atom. The van der Waals surface area contributed by atoms with Crippen LogP contribution in [0.4, 0.5) is 4.39 Å². The summed E-state index contributed by atoms with van der Waals surface area (Å²) in [5.74, 6) is 0.673. The minimum absolute atomic E-state index is 0. The lowest BCUT2D eigenvalue weighted by atomic mass is 9.97. The third-order valence-corrected chi connectivity index (χ3v) is 4.81. The van der Waals surface area contributed by atoms with Gasteiger partial charge in [0.1, 0.15) is 11.6 Å². The lowest BCUT2D eigenvalue weighted by molar-refractivity contribution is 0.0924. The van der Waals surface area contributed by atoms with Gasteiger partial charge in [-0.1, -0.05) is 0 Å². The highest BCUT2D eigenvalue weighted by molar-refractivity contribution is 5.97. The molecule has 24 heavy (non-hydrogen) atoms. The molecule has 0 spiro atoms. The number of ether oxygens (including phenoxy) is 1. The zero-order chi connectivity index (χ0) is 16.4. The fourth-order valence-electron chi connectivity index (χ4n) is 3.50. The average molecular weight is 359 g/mol. The molecule has 1 heterocycles. The Morgan fingerprint density at radius 1 is 1.42 bits per heavy atom. The highest BCUT2D eigenvalue weighted by atomic mass is 35.5. The number of carbonyl (C=O) groups excluding carboxylic acids is 1. The summed E-state index contributed by atoms with van der Waals surface area (Å²) in [6, 6.07) is 3.99. The van der Waals surface area contributed by atoms with E-state index in [-0.39, 0.29) is 36.5 Å². The van der Waals surface area contributed by atoms with E-state index in [0.717, 1.165) is 13.1 Å². The lowest BCUT2D eigenvalue weighted by Gasteiger charge is -2.20. The van der Waals surface area contributed by atoms with Crippen LogP contribution in [0.25, 0.3) is 0 Å². The summed E-state index contributed by atoms with van der Waals surface area (Å²) in [5, 5.41) is 12.2. The number of benzene rings is 1. The van der Waals surface area contributed by atoms with Crippen molar-refractivity contribution in [3.05, 3.63) is 29.6 Å². The average Bonchev–Trinajstić information content (AvgIpc) is 3.30. The molecule has 0 bridgehead atoms. The summed E-state index contributed by atoms with van der Waals surface area (Å²) in [7, 11) is 1.47. The Morgan fingerprint density at radius 2 is 2.17 bits per heavy atom. The molecule has 5 nitrogen and oxygen atoms in total. The fraction of sp³-hybridized carbons (Fsp3) is 0.588. The minimum atomic E-state index is -0.456. The van der Waals surface area contributed by atoms with Crippen molar-refractivity contribution in [1.82, 2.24) is 10.2 Å². The Balaban J connectivity index is 0.00000208. The summed E-state index contributed by atoms with van der Waals surface area (Å²) in [6.45, 7) is 2.37. The molecule has 134 valence electrons. The molecule has 1 aliphatic heterocycles. The Bertz CT molecular complexity index is 583. The maximum absolute atomic E-state index is 13.5. The first-order valence-electron chi connectivity index (χ1n) is 8.10. The molecule has 0 radical (unpaired) electrons. The molecule has 2 aliphatic rings. The summed E-state index contributed by atoms with van der Waals surface area (Å²) in [4.78, 5) is 14.7. The van der Waals surface area contributed by atoms with Gasteiger partial charge in [0, 0.05) is 25.7 Å². The topological polar surface area (TPSA) is 61.8 Å². The van der Waals surface area contributed by atoms with Crippen molar-refractivity contribution < 1.29 is 19.0 Å². The highest BCUT2D eigenvalue weighted by Crippen LogP contribution is 2.41. The second-order valence-corrected chi connectivity index (χ2v) is 6.41. The van der Waals surface area contributed by atoms with Crippen LogP contribution in [0, 0.1) is 17.7 Å². The number of halogens is 2. The smallest absolute Gasteiger partial charge is 0.255 e. The normalized spacial score (nSPS) is 23.6. The summed E-state index contributed by atoms with van der Waals surface area (Å²) in [5.41, 5.74) is 0.225. The second-order valence-electron chi connectivity index (χ2n) is 6.41. The van der Waals surface area contributed by atoms with Crippen LogP contribution in [0.1, 0.15) is 23.2 Å². The molecule has 2 atom stereocenters. The number of rotatable bonds is 6. The zero-order valence-electron chi connectivity index (χ0n) is 13.7. The molecule has 1 saturated heterocycles. The molecule has 2 N–H and O–H groups in total. The number of likely N-dealkylation sites (tertiary alicyclic amines) is 1. The first-order chi connectivity index (χ1) is 11.1. The molecule has 1 aliphatic carbocycles. The second kappa shape index (κ2) is 8.14. The fourth-order valence-corrected chi connectivity index (χ4v) is 3.50. The van der Waals surface area contributed by atoms with Crippen molar-refractivity contribution in [2.75, 3.05) is 33.4 Å². The number of nitrogens with zero attached hydrogens (tertiary/aromatic N) is 1. The van der Waals surface area contributed by atoms with Gasteiger partial charge in [0.15, 0.2) is 0 Å². The number of hydrogen-bond donors (Lipinski definition) is 2. The minimum Gasteiger partial charge on any atom is -0.496 e. The first-order valence-corrected chi connectivity index (χ1v) is 8.10. The van der Waals surface area contributed by atoms with Gasteiger partial charge in [0.2, 0.25) is 0 Å². The van der Waals surface area contributed by atoms with Gasteiger partial charge < -0.3 is 15.2 Å². The largest absolute Gasteiger partial charge is 0.496 e. The van der Waals surface area contributed by atoms with Gasteiger partial charge in [-0.15, -0.1) is 12.4 Å². The van der Waals surface area contributed by atoms with Crippen molar-refractivity contribution in [3.63, 3.8) is 0 Å². The molecule has 2 fully saturated rings.